The highest BCUT2D eigenvalue weighted by atomic mass is 16.2. The van der Waals surface area contributed by atoms with Gasteiger partial charge >= 0.3 is 6.03 Å². The first kappa shape index (κ1) is 17.7. The van der Waals surface area contributed by atoms with E-state index in [0.717, 1.165) is 24.1 Å². The molecule has 1 saturated heterocycles. The predicted molar refractivity (Wildman–Crippen MR) is 95.9 cm³/mol. The van der Waals surface area contributed by atoms with E-state index in [0.29, 0.717) is 38.6 Å². The Balaban J connectivity index is 1.42. The van der Waals surface area contributed by atoms with E-state index in [1.54, 1.807) is 11.1 Å². The van der Waals surface area contributed by atoms with Crippen LogP contribution in [0.4, 0.5) is 4.79 Å². The molecule has 0 unspecified atom stereocenters. The second-order valence-electron chi connectivity index (χ2n) is 7.11. The van der Waals surface area contributed by atoms with Gasteiger partial charge in [-0.2, -0.15) is 0 Å². The van der Waals surface area contributed by atoms with Crippen LogP contribution >= 0.6 is 0 Å². The number of urea groups is 1. The summed E-state index contributed by atoms with van der Waals surface area (Å²) in [5.41, 5.74) is 1.96. The van der Waals surface area contributed by atoms with Gasteiger partial charge in [0.1, 0.15) is 0 Å². The number of amides is 3. The Morgan fingerprint density at radius 3 is 2.40 bits per heavy atom. The summed E-state index contributed by atoms with van der Waals surface area (Å²) in [5, 5.41) is 2.94. The number of carbonyl (C=O) groups excluding carboxylic acids is 2. The SMILES string of the molecule is Cc1ccc(CNC(=O)N2CCN(C(=O)C3CCCCC3)CC2)cn1. The third-order valence-corrected chi connectivity index (χ3v) is 5.25. The monoisotopic (exact) mass is 344 g/mol. The van der Waals surface area contributed by atoms with Gasteiger partial charge in [-0.15, -0.1) is 0 Å². The zero-order chi connectivity index (χ0) is 17.6. The van der Waals surface area contributed by atoms with E-state index in [9.17, 15) is 9.59 Å². The lowest BCUT2D eigenvalue weighted by molar-refractivity contribution is -0.138. The normalized spacial score (nSPS) is 18.9. The molecule has 0 aromatic carbocycles. The fraction of sp³-hybridized carbons (Fsp3) is 0.632. The van der Waals surface area contributed by atoms with E-state index in [2.05, 4.69) is 10.3 Å². The highest BCUT2D eigenvalue weighted by Crippen LogP contribution is 2.25. The molecule has 2 heterocycles. The van der Waals surface area contributed by atoms with E-state index in [1.165, 1.54) is 19.3 Å². The highest BCUT2D eigenvalue weighted by molar-refractivity contribution is 5.79. The summed E-state index contributed by atoms with van der Waals surface area (Å²) in [7, 11) is 0. The molecule has 0 bridgehead atoms. The van der Waals surface area contributed by atoms with E-state index >= 15 is 0 Å². The molecule has 6 nitrogen and oxygen atoms in total. The van der Waals surface area contributed by atoms with Gasteiger partial charge in [0, 0.05) is 50.5 Å². The van der Waals surface area contributed by atoms with Gasteiger partial charge < -0.3 is 15.1 Å². The number of pyridine rings is 1. The molecule has 0 spiro atoms. The summed E-state index contributed by atoms with van der Waals surface area (Å²) < 4.78 is 0. The second kappa shape index (κ2) is 8.32. The maximum atomic E-state index is 12.6. The zero-order valence-corrected chi connectivity index (χ0v) is 15.0. The van der Waals surface area contributed by atoms with Crippen molar-refractivity contribution in [3.05, 3.63) is 29.6 Å². The van der Waals surface area contributed by atoms with Crippen molar-refractivity contribution in [1.82, 2.24) is 20.1 Å². The number of aromatic nitrogens is 1. The van der Waals surface area contributed by atoms with Crippen molar-refractivity contribution in [3.63, 3.8) is 0 Å². The molecule has 0 atom stereocenters. The number of piperazine rings is 1. The number of nitrogens with one attached hydrogen (secondary N) is 1. The van der Waals surface area contributed by atoms with Crippen molar-refractivity contribution in [2.24, 2.45) is 5.92 Å². The number of aryl methyl sites for hydroxylation is 1. The van der Waals surface area contributed by atoms with Crippen molar-refractivity contribution in [1.29, 1.82) is 0 Å². The topological polar surface area (TPSA) is 65.5 Å². The summed E-state index contributed by atoms with van der Waals surface area (Å²) in [6.45, 7) is 4.93. The summed E-state index contributed by atoms with van der Waals surface area (Å²) in [4.78, 5) is 32.9. The van der Waals surface area contributed by atoms with E-state index in [-0.39, 0.29) is 11.9 Å². The molecule has 1 aromatic rings. The van der Waals surface area contributed by atoms with Crippen molar-refractivity contribution in [3.8, 4) is 0 Å². The van der Waals surface area contributed by atoms with Crippen LogP contribution in [0.5, 0.6) is 0 Å². The molecule has 6 heteroatoms. The third kappa shape index (κ3) is 4.71. The number of rotatable bonds is 3. The first-order valence-electron chi connectivity index (χ1n) is 9.36. The van der Waals surface area contributed by atoms with Crippen LogP contribution in [0.2, 0.25) is 0 Å². The van der Waals surface area contributed by atoms with Crippen LogP contribution in [0.15, 0.2) is 18.3 Å². The van der Waals surface area contributed by atoms with E-state index in [1.807, 2.05) is 24.0 Å². The van der Waals surface area contributed by atoms with Crippen molar-refractivity contribution < 1.29 is 9.59 Å². The highest BCUT2D eigenvalue weighted by Gasteiger charge is 2.29. The Morgan fingerprint density at radius 1 is 1.08 bits per heavy atom. The van der Waals surface area contributed by atoms with Crippen LogP contribution in [-0.2, 0) is 11.3 Å². The maximum Gasteiger partial charge on any atom is 0.317 e. The van der Waals surface area contributed by atoms with Crippen LogP contribution in [0.1, 0.15) is 43.4 Å². The van der Waals surface area contributed by atoms with Crippen LogP contribution in [-0.4, -0.2) is 52.9 Å². The lowest BCUT2D eigenvalue weighted by Crippen LogP contribution is -2.54. The molecule has 3 rings (SSSR count). The van der Waals surface area contributed by atoms with E-state index in [4.69, 9.17) is 0 Å². The fourth-order valence-electron chi connectivity index (χ4n) is 3.63. The first-order valence-corrected chi connectivity index (χ1v) is 9.36. The van der Waals surface area contributed by atoms with Gasteiger partial charge in [-0.25, -0.2) is 4.79 Å². The Kier molecular flexibility index (Phi) is 5.89. The van der Waals surface area contributed by atoms with Gasteiger partial charge in [0.15, 0.2) is 0 Å². The summed E-state index contributed by atoms with van der Waals surface area (Å²) in [5.74, 6) is 0.508. The molecule has 1 aliphatic carbocycles. The average molecular weight is 344 g/mol. The number of hydrogen-bond donors (Lipinski definition) is 1. The van der Waals surface area contributed by atoms with Crippen LogP contribution < -0.4 is 5.32 Å². The van der Waals surface area contributed by atoms with E-state index < -0.39 is 0 Å². The van der Waals surface area contributed by atoms with Crippen molar-refractivity contribution in [2.45, 2.75) is 45.6 Å². The minimum absolute atomic E-state index is 0.0645. The lowest BCUT2D eigenvalue weighted by Gasteiger charge is -2.37. The molecule has 0 radical (unpaired) electrons. The molecule has 1 N–H and O–H groups in total. The van der Waals surface area contributed by atoms with Gasteiger partial charge in [0.05, 0.1) is 0 Å². The molecule has 1 aliphatic heterocycles. The molecule has 2 fully saturated rings. The number of nitrogens with zero attached hydrogens (tertiary/aromatic N) is 3. The standard InChI is InChI=1S/C19H28N4O2/c1-15-7-8-16(13-20-15)14-21-19(25)23-11-9-22(10-12-23)18(24)17-5-3-2-4-6-17/h7-8,13,17H,2-6,9-12,14H2,1H3,(H,21,25). The van der Waals surface area contributed by atoms with Crippen molar-refractivity contribution >= 4 is 11.9 Å². The predicted octanol–water partition coefficient (Wildman–Crippen LogP) is 2.32. The summed E-state index contributed by atoms with van der Waals surface area (Å²) in [6, 6.07) is 3.85. The Bertz CT molecular complexity index is 588. The summed E-state index contributed by atoms with van der Waals surface area (Å²) >= 11 is 0. The molecule has 2 aliphatic rings. The fourth-order valence-corrected chi connectivity index (χ4v) is 3.63. The largest absolute Gasteiger partial charge is 0.339 e. The maximum absolute atomic E-state index is 12.6. The Labute approximate surface area is 149 Å². The minimum Gasteiger partial charge on any atom is -0.339 e. The average Bonchev–Trinajstić information content (AvgIpc) is 2.67. The Hall–Kier alpha value is -2.11. The van der Waals surface area contributed by atoms with Crippen LogP contribution in [0.3, 0.4) is 0 Å². The molecule has 136 valence electrons. The lowest BCUT2D eigenvalue weighted by atomic mass is 9.88. The summed E-state index contributed by atoms with van der Waals surface area (Å²) in [6.07, 6.45) is 7.46. The van der Waals surface area contributed by atoms with Gasteiger partial charge in [-0.05, 0) is 31.4 Å². The first-order chi connectivity index (χ1) is 12.1. The molecule has 3 amide bonds. The second-order valence-corrected chi connectivity index (χ2v) is 7.11. The third-order valence-electron chi connectivity index (χ3n) is 5.25. The number of carbonyl (C=O) groups is 2. The smallest absolute Gasteiger partial charge is 0.317 e. The molecule has 25 heavy (non-hydrogen) atoms. The van der Waals surface area contributed by atoms with Gasteiger partial charge in [0.2, 0.25) is 5.91 Å². The molecular weight excluding hydrogens is 316 g/mol. The number of hydrogen-bond acceptors (Lipinski definition) is 3. The van der Waals surface area contributed by atoms with Gasteiger partial charge in [-0.1, -0.05) is 25.3 Å². The van der Waals surface area contributed by atoms with Crippen molar-refractivity contribution in [2.75, 3.05) is 26.2 Å². The van der Waals surface area contributed by atoms with Crippen LogP contribution in [0.25, 0.3) is 0 Å². The molecule has 1 aromatic heterocycles. The Morgan fingerprint density at radius 2 is 1.76 bits per heavy atom. The van der Waals surface area contributed by atoms with Gasteiger partial charge in [-0.3, -0.25) is 9.78 Å². The minimum atomic E-state index is -0.0645. The molecule has 1 saturated carbocycles. The quantitative estimate of drug-likeness (QED) is 0.915. The zero-order valence-electron chi connectivity index (χ0n) is 15.0. The molecular formula is C19H28N4O2. The van der Waals surface area contributed by atoms with Gasteiger partial charge in [0.25, 0.3) is 0 Å². The van der Waals surface area contributed by atoms with Crippen LogP contribution in [0, 0.1) is 12.8 Å².